The van der Waals surface area contributed by atoms with Crippen molar-refractivity contribution in [3.8, 4) is 17.2 Å². The molecule has 7 heteroatoms. The standard InChI is InChI=1S/C25H31NO5S/c1-3-29-22-19-9-14-30-23(19)25(28-2)24(31-15-13-26-11-5-4-6-12-26)21(22)20(27)8-7-18-10-16-32-17-18/h9-10,14,16-17H,3-8,11-13,15H2,1-2H3. The van der Waals surface area contributed by atoms with Crippen LogP contribution in [0.2, 0.25) is 0 Å². The Kier molecular flexibility index (Phi) is 7.71. The molecule has 32 heavy (non-hydrogen) atoms. The van der Waals surface area contributed by atoms with Gasteiger partial charge in [0.2, 0.25) is 5.75 Å². The summed E-state index contributed by atoms with van der Waals surface area (Å²) in [5, 5.41) is 4.83. The predicted molar refractivity (Wildman–Crippen MR) is 127 cm³/mol. The molecule has 1 saturated heterocycles. The van der Waals surface area contributed by atoms with E-state index in [-0.39, 0.29) is 5.78 Å². The highest BCUT2D eigenvalue weighted by atomic mass is 32.1. The highest BCUT2D eigenvalue weighted by molar-refractivity contribution is 7.07. The summed E-state index contributed by atoms with van der Waals surface area (Å²) in [5.74, 6) is 1.37. The molecule has 1 aliphatic rings. The molecule has 2 aromatic heterocycles. The van der Waals surface area contributed by atoms with Crippen LogP contribution in [-0.2, 0) is 6.42 Å². The molecule has 0 N–H and O–H groups in total. The molecule has 0 spiro atoms. The largest absolute Gasteiger partial charge is 0.492 e. The highest BCUT2D eigenvalue weighted by Crippen LogP contribution is 2.47. The van der Waals surface area contributed by atoms with E-state index in [1.807, 2.05) is 18.4 Å². The second-order valence-corrected chi connectivity index (χ2v) is 8.75. The van der Waals surface area contributed by atoms with Crippen molar-refractivity contribution in [1.82, 2.24) is 4.90 Å². The lowest BCUT2D eigenvalue weighted by atomic mass is 9.99. The van der Waals surface area contributed by atoms with E-state index >= 15 is 0 Å². The number of hydrogen-bond acceptors (Lipinski definition) is 7. The average Bonchev–Trinajstić information content (AvgIpc) is 3.51. The number of ether oxygens (including phenoxy) is 3. The van der Waals surface area contributed by atoms with Crippen LogP contribution in [0.15, 0.2) is 33.6 Å². The molecule has 0 radical (unpaired) electrons. The molecule has 3 aromatic rings. The Morgan fingerprint density at radius 1 is 1.12 bits per heavy atom. The first kappa shape index (κ1) is 22.7. The lowest BCUT2D eigenvalue weighted by molar-refractivity contribution is 0.0973. The van der Waals surface area contributed by atoms with Gasteiger partial charge in [-0.25, -0.2) is 0 Å². The normalized spacial score (nSPS) is 14.6. The van der Waals surface area contributed by atoms with E-state index in [2.05, 4.69) is 16.3 Å². The third kappa shape index (κ3) is 4.94. The minimum absolute atomic E-state index is 0.0194. The van der Waals surface area contributed by atoms with Crippen LogP contribution in [0.3, 0.4) is 0 Å². The SMILES string of the molecule is CCOc1c(C(=O)CCc2ccsc2)c(OCCN2CCCCC2)c(OC)c2occc12. The number of Topliss-reactive ketones (excluding diaryl/α,β-unsaturated/α-hetero) is 1. The maximum Gasteiger partial charge on any atom is 0.205 e. The summed E-state index contributed by atoms with van der Waals surface area (Å²) in [5.41, 5.74) is 2.15. The van der Waals surface area contributed by atoms with Crippen LogP contribution in [0, 0.1) is 0 Å². The summed E-state index contributed by atoms with van der Waals surface area (Å²) in [4.78, 5) is 15.9. The fourth-order valence-electron chi connectivity index (χ4n) is 4.27. The summed E-state index contributed by atoms with van der Waals surface area (Å²) in [7, 11) is 1.58. The molecule has 1 aliphatic heterocycles. The Morgan fingerprint density at radius 3 is 2.69 bits per heavy atom. The van der Waals surface area contributed by atoms with Crippen molar-refractivity contribution in [2.75, 3.05) is 40.0 Å². The molecule has 0 saturated carbocycles. The van der Waals surface area contributed by atoms with Gasteiger partial charge in [-0.15, -0.1) is 0 Å². The van der Waals surface area contributed by atoms with Crippen LogP contribution >= 0.6 is 11.3 Å². The average molecular weight is 458 g/mol. The molecule has 0 aliphatic carbocycles. The molecule has 3 heterocycles. The van der Waals surface area contributed by atoms with Crippen LogP contribution in [0.1, 0.15) is 48.5 Å². The molecule has 0 atom stereocenters. The number of methoxy groups -OCH3 is 1. The number of carbonyl (C=O) groups excluding carboxylic acids is 1. The van der Waals surface area contributed by atoms with Crippen molar-refractivity contribution < 1.29 is 23.4 Å². The maximum absolute atomic E-state index is 13.5. The molecule has 1 aromatic carbocycles. The van der Waals surface area contributed by atoms with E-state index in [4.69, 9.17) is 18.6 Å². The fourth-order valence-corrected chi connectivity index (χ4v) is 4.97. The highest BCUT2D eigenvalue weighted by Gasteiger charge is 2.29. The Labute approximate surface area is 193 Å². The van der Waals surface area contributed by atoms with Gasteiger partial charge in [-0.05, 0) is 67.7 Å². The molecule has 1 fully saturated rings. The van der Waals surface area contributed by atoms with Crippen LogP contribution in [0.4, 0.5) is 0 Å². The Bertz CT molecular complexity index is 1020. The Balaban J connectivity index is 1.67. The van der Waals surface area contributed by atoms with E-state index < -0.39 is 0 Å². The summed E-state index contributed by atoms with van der Waals surface area (Å²) in [6.45, 7) is 5.81. The summed E-state index contributed by atoms with van der Waals surface area (Å²) < 4.78 is 23.6. The summed E-state index contributed by atoms with van der Waals surface area (Å²) in [6.07, 6.45) is 6.37. The lowest BCUT2D eigenvalue weighted by Gasteiger charge is -2.26. The van der Waals surface area contributed by atoms with E-state index in [1.54, 1.807) is 24.7 Å². The topological polar surface area (TPSA) is 61.1 Å². The van der Waals surface area contributed by atoms with Crippen LogP contribution in [0.5, 0.6) is 17.2 Å². The number of benzene rings is 1. The zero-order valence-electron chi connectivity index (χ0n) is 18.9. The first-order valence-electron chi connectivity index (χ1n) is 11.4. The first-order valence-corrected chi connectivity index (χ1v) is 12.3. The monoisotopic (exact) mass is 457 g/mol. The number of piperidine rings is 1. The molecule has 6 nitrogen and oxygen atoms in total. The minimum atomic E-state index is -0.0194. The van der Waals surface area contributed by atoms with Crippen LogP contribution < -0.4 is 14.2 Å². The Hall–Kier alpha value is -2.51. The van der Waals surface area contributed by atoms with E-state index in [0.29, 0.717) is 54.5 Å². The van der Waals surface area contributed by atoms with Gasteiger partial charge in [-0.1, -0.05) is 6.42 Å². The second-order valence-electron chi connectivity index (χ2n) is 7.97. The fraction of sp³-hybridized carbons (Fsp3) is 0.480. The van der Waals surface area contributed by atoms with Crippen LogP contribution in [-0.4, -0.2) is 50.6 Å². The molecule has 0 amide bonds. The van der Waals surface area contributed by atoms with E-state index in [9.17, 15) is 4.79 Å². The zero-order valence-corrected chi connectivity index (χ0v) is 19.7. The maximum atomic E-state index is 13.5. The number of fused-ring (bicyclic) bond motifs is 1. The number of carbonyl (C=O) groups is 1. The van der Waals surface area contributed by atoms with Crippen molar-refractivity contribution in [3.63, 3.8) is 0 Å². The Morgan fingerprint density at radius 2 is 1.97 bits per heavy atom. The molecule has 0 unspecified atom stereocenters. The molecule has 4 rings (SSSR count). The molecular formula is C25H31NO5S. The van der Waals surface area contributed by atoms with Crippen molar-refractivity contribution in [3.05, 3.63) is 40.3 Å². The number of aryl methyl sites for hydroxylation is 1. The van der Waals surface area contributed by atoms with Gasteiger partial charge in [-0.2, -0.15) is 11.3 Å². The van der Waals surface area contributed by atoms with E-state index in [1.165, 1.54) is 19.3 Å². The van der Waals surface area contributed by atoms with Crippen molar-refractivity contribution in [2.24, 2.45) is 0 Å². The van der Waals surface area contributed by atoms with Crippen LogP contribution in [0.25, 0.3) is 11.0 Å². The van der Waals surface area contributed by atoms with Gasteiger partial charge < -0.3 is 18.6 Å². The number of ketones is 1. The van der Waals surface area contributed by atoms with Gasteiger partial charge in [0.25, 0.3) is 0 Å². The molecular weight excluding hydrogens is 426 g/mol. The van der Waals surface area contributed by atoms with Crippen molar-refractivity contribution in [1.29, 1.82) is 0 Å². The molecule has 172 valence electrons. The van der Waals surface area contributed by atoms with Gasteiger partial charge in [0.15, 0.2) is 17.1 Å². The first-order chi connectivity index (χ1) is 15.7. The number of thiophene rings is 1. The minimum Gasteiger partial charge on any atom is -0.492 e. The quantitative estimate of drug-likeness (QED) is 0.350. The second kappa shape index (κ2) is 10.9. The van der Waals surface area contributed by atoms with Crippen molar-refractivity contribution in [2.45, 2.75) is 39.0 Å². The van der Waals surface area contributed by atoms with Gasteiger partial charge >= 0.3 is 0 Å². The summed E-state index contributed by atoms with van der Waals surface area (Å²) >= 11 is 1.64. The van der Waals surface area contributed by atoms with E-state index in [0.717, 1.165) is 30.6 Å². The number of nitrogens with zero attached hydrogens (tertiary/aromatic N) is 1. The third-order valence-electron chi connectivity index (χ3n) is 5.87. The summed E-state index contributed by atoms with van der Waals surface area (Å²) in [6, 6.07) is 3.87. The van der Waals surface area contributed by atoms with Gasteiger partial charge in [-0.3, -0.25) is 9.69 Å². The smallest absolute Gasteiger partial charge is 0.205 e. The molecule has 0 bridgehead atoms. The van der Waals surface area contributed by atoms with Gasteiger partial charge in [0, 0.05) is 13.0 Å². The number of rotatable bonds is 11. The number of hydrogen-bond donors (Lipinski definition) is 0. The lowest BCUT2D eigenvalue weighted by Crippen LogP contribution is -2.33. The number of likely N-dealkylation sites (tertiary alicyclic amines) is 1. The predicted octanol–water partition coefficient (Wildman–Crippen LogP) is 5.58. The number of furan rings is 1. The van der Waals surface area contributed by atoms with Gasteiger partial charge in [0.05, 0.1) is 25.4 Å². The zero-order chi connectivity index (χ0) is 22.3. The third-order valence-corrected chi connectivity index (χ3v) is 6.60. The van der Waals surface area contributed by atoms with Crippen molar-refractivity contribution >= 4 is 28.1 Å². The van der Waals surface area contributed by atoms with Gasteiger partial charge in [0.1, 0.15) is 17.9 Å².